The van der Waals surface area contributed by atoms with E-state index in [-0.39, 0.29) is 5.92 Å². The lowest BCUT2D eigenvalue weighted by atomic mass is 9.72. The smallest absolute Gasteiger partial charge is 0.375 e. The lowest BCUT2D eigenvalue weighted by molar-refractivity contribution is -0.456. The highest BCUT2D eigenvalue weighted by atomic mass is 32.2. The highest BCUT2D eigenvalue weighted by Crippen LogP contribution is 2.48. The van der Waals surface area contributed by atoms with E-state index in [2.05, 4.69) is 4.74 Å². The van der Waals surface area contributed by atoms with Crippen LogP contribution in [0.15, 0.2) is 12.2 Å². The van der Waals surface area contributed by atoms with Crippen molar-refractivity contribution in [3.63, 3.8) is 0 Å². The first kappa shape index (κ1) is 25.3. The Bertz CT molecular complexity index is 755. The van der Waals surface area contributed by atoms with E-state index in [4.69, 9.17) is 9.29 Å². The molecule has 0 radical (unpaired) electrons. The van der Waals surface area contributed by atoms with Crippen LogP contribution < -0.4 is 0 Å². The second-order valence-corrected chi connectivity index (χ2v) is 8.92. The van der Waals surface area contributed by atoms with Crippen LogP contribution in [0.25, 0.3) is 0 Å². The van der Waals surface area contributed by atoms with Crippen LogP contribution in [0.4, 0.5) is 35.1 Å². The summed E-state index contributed by atoms with van der Waals surface area (Å²) >= 11 is 0. The fourth-order valence-electron chi connectivity index (χ4n) is 3.56. The van der Waals surface area contributed by atoms with Crippen molar-refractivity contribution in [3.8, 4) is 0 Å². The van der Waals surface area contributed by atoms with E-state index in [9.17, 15) is 43.5 Å². The lowest BCUT2D eigenvalue weighted by Crippen LogP contribution is -2.55. The quantitative estimate of drug-likeness (QED) is 0.208. The molecular formula is C16H20F8O5S. The third kappa shape index (κ3) is 5.07. The average molecular weight is 476 g/mol. The molecule has 0 aromatic rings. The van der Waals surface area contributed by atoms with Gasteiger partial charge in [-0.1, -0.05) is 12.2 Å². The summed E-state index contributed by atoms with van der Waals surface area (Å²) in [6.07, 6.45) is -7.85. The summed E-state index contributed by atoms with van der Waals surface area (Å²) in [5, 5.41) is -6.58. The second-order valence-electron chi connectivity index (χ2n) is 7.46. The Morgan fingerprint density at radius 2 is 1.70 bits per heavy atom. The number of rotatable bonds is 10. The Labute approximate surface area is 167 Å². The first-order valence-electron chi connectivity index (χ1n) is 8.94. The van der Waals surface area contributed by atoms with Crippen molar-refractivity contribution in [3.05, 3.63) is 12.2 Å². The van der Waals surface area contributed by atoms with E-state index in [0.29, 0.717) is 19.3 Å². The first-order valence-corrected chi connectivity index (χ1v) is 10.4. The van der Waals surface area contributed by atoms with Gasteiger partial charge in [-0.2, -0.15) is 43.5 Å². The minimum atomic E-state index is -6.93. The molecule has 2 unspecified atom stereocenters. The average Bonchev–Trinajstić information content (AvgIpc) is 2.57. The van der Waals surface area contributed by atoms with E-state index >= 15 is 0 Å². The zero-order chi connectivity index (χ0) is 23.1. The summed E-state index contributed by atoms with van der Waals surface area (Å²) in [6, 6.07) is 0. The normalized spacial score (nSPS) is 26.1. The van der Waals surface area contributed by atoms with Crippen molar-refractivity contribution in [1.82, 2.24) is 0 Å². The van der Waals surface area contributed by atoms with Crippen LogP contribution in [0.5, 0.6) is 0 Å². The molecule has 2 rings (SSSR count). The molecule has 2 atom stereocenters. The maximum atomic E-state index is 13.7. The number of halogens is 8. The van der Waals surface area contributed by atoms with Crippen molar-refractivity contribution >= 4 is 10.1 Å². The maximum Gasteiger partial charge on any atom is 0.460 e. The number of fused-ring (bicyclic) bond motifs is 2. The van der Waals surface area contributed by atoms with Gasteiger partial charge in [-0.15, -0.1) is 0 Å². The van der Waals surface area contributed by atoms with E-state index in [1.54, 1.807) is 0 Å². The Balaban J connectivity index is 1.96. The van der Waals surface area contributed by atoms with E-state index < -0.39 is 58.6 Å². The fraction of sp³-hybridized carbons (Fsp3) is 0.875. The van der Waals surface area contributed by atoms with Gasteiger partial charge in [0.25, 0.3) is 0 Å². The third-order valence-corrected chi connectivity index (χ3v) is 6.01. The van der Waals surface area contributed by atoms with Gasteiger partial charge in [-0.05, 0) is 44.4 Å². The van der Waals surface area contributed by atoms with Gasteiger partial charge in [0.1, 0.15) is 0 Å². The Morgan fingerprint density at radius 3 is 2.30 bits per heavy atom. The van der Waals surface area contributed by atoms with Crippen LogP contribution in [-0.2, 0) is 19.6 Å². The van der Waals surface area contributed by atoms with Crippen molar-refractivity contribution < 1.29 is 57.6 Å². The molecule has 0 spiro atoms. The van der Waals surface area contributed by atoms with E-state index in [1.807, 2.05) is 12.2 Å². The zero-order valence-corrected chi connectivity index (χ0v) is 16.2. The monoisotopic (exact) mass is 476 g/mol. The van der Waals surface area contributed by atoms with E-state index in [0.717, 1.165) is 12.8 Å². The molecule has 0 aliphatic heterocycles. The van der Waals surface area contributed by atoms with Crippen molar-refractivity contribution in [2.45, 2.75) is 73.9 Å². The molecule has 30 heavy (non-hydrogen) atoms. The number of ether oxygens (including phenoxy) is 2. The highest BCUT2D eigenvalue weighted by molar-refractivity contribution is 7.86. The standard InChI is InChI=1S/C16H20F8O5S/c17-13(18,14(19,20)29-15(21,22)16(23,24)30(25,26)27)8-3-9-28-12-6-1-4-11(10-12)5-2-7-12/h1,4,11H,2-3,5-10H2,(H,25,26,27). The first-order chi connectivity index (χ1) is 13.4. The number of hydrogen-bond acceptors (Lipinski definition) is 4. The Morgan fingerprint density at radius 1 is 1.07 bits per heavy atom. The van der Waals surface area contributed by atoms with Gasteiger partial charge >= 0.3 is 33.5 Å². The molecule has 0 aromatic heterocycles. The summed E-state index contributed by atoms with van der Waals surface area (Å²) < 4.78 is 143. The van der Waals surface area contributed by atoms with Gasteiger partial charge in [-0.3, -0.25) is 4.55 Å². The third-order valence-electron chi connectivity index (χ3n) is 5.13. The summed E-state index contributed by atoms with van der Waals surface area (Å²) in [5.41, 5.74) is -0.615. The lowest BCUT2D eigenvalue weighted by Gasteiger charge is -2.42. The summed E-state index contributed by atoms with van der Waals surface area (Å²) in [6.45, 7) is -0.413. The molecule has 0 saturated heterocycles. The van der Waals surface area contributed by atoms with Crippen LogP contribution in [0.3, 0.4) is 0 Å². The number of alkyl halides is 8. The molecule has 0 heterocycles. The molecule has 0 aromatic carbocycles. The van der Waals surface area contributed by atoms with Gasteiger partial charge in [0.15, 0.2) is 0 Å². The molecule has 14 heteroatoms. The molecule has 5 nitrogen and oxygen atoms in total. The van der Waals surface area contributed by atoms with Crippen molar-refractivity contribution in [2.75, 3.05) is 6.61 Å². The van der Waals surface area contributed by atoms with E-state index in [1.165, 1.54) is 0 Å². The van der Waals surface area contributed by atoms with Gasteiger partial charge in [0.2, 0.25) is 0 Å². The molecule has 0 amide bonds. The second kappa shape index (κ2) is 8.17. The number of hydrogen-bond donors (Lipinski definition) is 1. The van der Waals surface area contributed by atoms with Crippen LogP contribution in [0.2, 0.25) is 0 Å². The van der Waals surface area contributed by atoms with Crippen LogP contribution >= 0.6 is 0 Å². The van der Waals surface area contributed by atoms with Gasteiger partial charge in [-0.25, -0.2) is 4.74 Å². The molecular weight excluding hydrogens is 456 g/mol. The summed E-state index contributed by atoms with van der Waals surface area (Å²) in [7, 11) is -6.93. The predicted octanol–water partition coefficient (Wildman–Crippen LogP) is 4.99. The molecule has 2 aliphatic rings. The van der Waals surface area contributed by atoms with Crippen molar-refractivity contribution in [1.29, 1.82) is 0 Å². The van der Waals surface area contributed by atoms with Crippen molar-refractivity contribution in [2.24, 2.45) is 5.92 Å². The highest BCUT2D eigenvalue weighted by Gasteiger charge is 2.73. The molecule has 2 bridgehead atoms. The minimum absolute atomic E-state index is 0.262. The molecule has 2 aliphatic carbocycles. The summed E-state index contributed by atoms with van der Waals surface area (Å²) in [4.78, 5) is 0. The van der Waals surface area contributed by atoms with Gasteiger partial charge in [0.05, 0.1) is 5.60 Å². The van der Waals surface area contributed by atoms with Crippen LogP contribution in [0, 0.1) is 5.92 Å². The SMILES string of the molecule is O=S(=O)(O)C(F)(F)C(F)(F)OC(F)(F)C(F)(F)CCCOC12CC=CC(CCC1)C2. The van der Waals surface area contributed by atoms with Gasteiger partial charge in [0, 0.05) is 13.0 Å². The molecule has 1 N–H and O–H groups in total. The Kier molecular flexibility index (Phi) is 6.88. The fourth-order valence-corrected chi connectivity index (χ4v) is 3.90. The molecule has 176 valence electrons. The minimum Gasteiger partial charge on any atom is -0.375 e. The van der Waals surface area contributed by atoms with Crippen LogP contribution in [0.1, 0.15) is 44.9 Å². The summed E-state index contributed by atoms with van der Waals surface area (Å²) in [5.74, 6) is -5.09. The number of allylic oxidation sites excluding steroid dienone is 1. The maximum absolute atomic E-state index is 13.7. The molecule has 1 fully saturated rings. The predicted molar refractivity (Wildman–Crippen MR) is 86.1 cm³/mol. The van der Waals surface area contributed by atoms with Crippen LogP contribution in [-0.4, -0.2) is 48.6 Å². The Hall–Kier alpha value is -0.990. The molecule has 1 saturated carbocycles. The topological polar surface area (TPSA) is 72.8 Å². The zero-order valence-electron chi connectivity index (χ0n) is 15.4. The largest absolute Gasteiger partial charge is 0.460 e. The van der Waals surface area contributed by atoms with Gasteiger partial charge < -0.3 is 4.74 Å².